The molecule has 1 N–H and O–H groups in total. The monoisotopic (exact) mass is 394 g/mol. The molecular weight excluding hydrogens is 383 g/mol. The number of ether oxygens (including phenoxy) is 1. The zero-order valence-electron chi connectivity index (χ0n) is 13.4. The Labute approximate surface area is 156 Å². The molecule has 26 heavy (non-hydrogen) atoms. The predicted molar refractivity (Wildman–Crippen MR) is 96.1 cm³/mol. The van der Waals surface area contributed by atoms with Crippen molar-refractivity contribution in [3.05, 3.63) is 52.8 Å². The van der Waals surface area contributed by atoms with E-state index in [1.54, 1.807) is 18.2 Å². The van der Waals surface area contributed by atoms with Gasteiger partial charge in [0.1, 0.15) is 11.3 Å². The van der Waals surface area contributed by atoms with Crippen molar-refractivity contribution in [2.75, 3.05) is 18.2 Å². The quantitative estimate of drug-likeness (QED) is 0.517. The van der Waals surface area contributed by atoms with Gasteiger partial charge in [-0.15, -0.1) is 0 Å². The summed E-state index contributed by atoms with van der Waals surface area (Å²) >= 11 is 6.99. The number of esters is 1. The summed E-state index contributed by atoms with van der Waals surface area (Å²) in [5, 5.41) is 3.44. The summed E-state index contributed by atoms with van der Waals surface area (Å²) in [5.41, 5.74) is 1.19. The molecule has 134 valence electrons. The molecule has 6 nitrogen and oxygen atoms in total. The van der Waals surface area contributed by atoms with Gasteiger partial charge in [-0.1, -0.05) is 23.4 Å². The summed E-state index contributed by atoms with van der Waals surface area (Å²) in [5.74, 6) is -1.89. The number of oxazole rings is 1. The molecule has 0 saturated carbocycles. The molecule has 0 aliphatic heterocycles. The van der Waals surface area contributed by atoms with E-state index >= 15 is 0 Å². The number of nitrogens with zero attached hydrogens (tertiary/aromatic N) is 1. The van der Waals surface area contributed by atoms with Gasteiger partial charge in [-0.2, -0.15) is 0 Å². The van der Waals surface area contributed by atoms with Crippen LogP contribution in [0.3, 0.4) is 0 Å². The van der Waals surface area contributed by atoms with Gasteiger partial charge in [-0.05, 0) is 36.4 Å². The maximum Gasteiger partial charge on any atom is 0.340 e. The summed E-state index contributed by atoms with van der Waals surface area (Å²) in [6.45, 7) is 0. The Bertz CT molecular complexity index is 992. The Kier molecular flexibility index (Phi) is 5.43. The molecule has 0 spiro atoms. The number of hydrogen-bond donors (Lipinski definition) is 1. The van der Waals surface area contributed by atoms with Crippen LogP contribution >= 0.6 is 23.4 Å². The largest absolute Gasteiger partial charge is 0.465 e. The number of nitrogens with one attached hydrogen (secondary N) is 1. The second-order valence-corrected chi connectivity index (χ2v) is 6.48. The number of fused-ring (bicyclic) bond motifs is 1. The Morgan fingerprint density at radius 3 is 2.88 bits per heavy atom. The summed E-state index contributed by atoms with van der Waals surface area (Å²) in [4.78, 5) is 27.8. The van der Waals surface area contributed by atoms with Crippen LogP contribution in [-0.2, 0) is 9.53 Å². The van der Waals surface area contributed by atoms with Crippen LogP contribution in [-0.4, -0.2) is 29.7 Å². The van der Waals surface area contributed by atoms with Crippen molar-refractivity contribution in [1.29, 1.82) is 0 Å². The zero-order valence-corrected chi connectivity index (χ0v) is 15.0. The second-order valence-electron chi connectivity index (χ2n) is 5.11. The van der Waals surface area contributed by atoms with Gasteiger partial charge in [0.05, 0.1) is 18.4 Å². The van der Waals surface area contributed by atoms with E-state index in [1.807, 2.05) is 0 Å². The zero-order chi connectivity index (χ0) is 18.7. The molecule has 0 aliphatic carbocycles. The lowest BCUT2D eigenvalue weighted by atomic mass is 10.2. The lowest BCUT2D eigenvalue weighted by Gasteiger charge is -2.07. The van der Waals surface area contributed by atoms with Gasteiger partial charge in [-0.3, -0.25) is 4.79 Å². The summed E-state index contributed by atoms with van der Waals surface area (Å²) in [6.07, 6.45) is 0. The molecule has 1 aromatic heterocycles. The molecule has 0 radical (unpaired) electrons. The third-order valence-corrected chi connectivity index (χ3v) is 4.38. The smallest absolute Gasteiger partial charge is 0.340 e. The van der Waals surface area contributed by atoms with Gasteiger partial charge in [0.15, 0.2) is 5.58 Å². The van der Waals surface area contributed by atoms with Crippen LogP contribution in [0.4, 0.5) is 10.1 Å². The van der Waals surface area contributed by atoms with Gasteiger partial charge in [-0.25, -0.2) is 14.2 Å². The highest BCUT2D eigenvalue weighted by Crippen LogP contribution is 2.25. The van der Waals surface area contributed by atoms with Gasteiger partial charge in [0, 0.05) is 10.7 Å². The third-order valence-electron chi connectivity index (χ3n) is 3.31. The van der Waals surface area contributed by atoms with E-state index in [4.69, 9.17) is 16.0 Å². The number of anilines is 1. The Balaban J connectivity index is 1.64. The highest BCUT2D eigenvalue weighted by atomic mass is 35.5. The molecular formula is C17H12ClFN2O4S. The van der Waals surface area contributed by atoms with Crippen LogP contribution in [0.15, 0.2) is 46.0 Å². The normalized spacial score (nSPS) is 10.7. The highest BCUT2D eigenvalue weighted by molar-refractivity contribution is 7.99. The van der Waals surface area contributed by atoms with E-state index < -0.39 is 11.8 Å². The maximum absolute atomic E-state index is 13.6. The van der Waals surface area contributed by atoms with Crippen LogP contribution in [0.5, 0.6) is 0 Å². The fraction of sp³-hybridized carbons (Fsp3) is 0.118. The van der Waals surface area contributed by atoms with Crippen LogP contribution < -0.4 is 5.32 Å². The number of benzene rings is 2. The highest BCUT2D eigenvalue weighted by Gasteiger charge is 2.14. The van der Waals surface area contributed by atoms with Gasteiger partial charge in [0.25, 0.3) is 5.22 Å². The number of thioether (sulfide) groups is 1. The van der Waals surface area contributed by atoms with E-state index in [9.17, 15) is 14.0 Å². The number of carbonyl (C=O) groups is 2. The average molecular weight is 395 g/mol. The first kappa shape index (κ1) is 18.2. The molecule has 2 aromatic carbocycles. The Hall–Kier alpha value is -2.58. The molecule has 0 atom stereocenters. The SMILES string of the molecule is COC(=O)c1cc(NC(=O)CSc2nc3cc(Cl)ccc3o2)ccc1F. The molecule has 1 amide bonds. The second kappa shape index (κ2) is 7.76. The van der Waals surface area contributed by atoms with Crippen molar-refractivity contribution in [2.24, 2.45) is 0 Å². The van der Waals surface area contributed by atoms with Crippen molar-refractivity contribution in [3.8, 4) is 0 Å². The minimum Gasteiger partial charge on any atom is -0.465 e. The van der Waals surface area contributed by atoms with Crippen molar-refractivity contribution < 1.29 is 23.1 Å². The fourth-order valence-corrected chi connectivity index (χ4v) is 2.94. The number of halogens is 2. The third kappa shape index (κ3) is 4.14. The molecule has 0 bridgehead atoms. The van der Waals surface area contributed by atoms with Crippen LogP contribution in [0.25, 0.3) is 11.1 Å². The number of aromatic nitrogens is 1. The first-order chi connectivity index (χ1) is 12.5. The van der Waals surface area contributed by atoms with E-state index in [-0.39, 0.29) is 22.9 Å². The van der Waals surface area contributed by atoms with E-state index in [0.717, 1.165) is 24.9 Å². The number of methoxy groups -OCH3 is 1. The number of carbonyl (C=O) groups excluding carboxylic acids is 2. The van der Waals surface area contributed by atoms with Gasteiger partial charge in [0.2, 0.25) is 5.91 Å². The minimum atomic E-state index is -0.821. The van der Waals surface area contributed by atoms with Crippen molar-refractivity contribution >= 4 is 52.0 Å². The van der Waals surface area contributed by atoms with Crippen LogP contribution in [0.2, 0.25) is 5.02 Å². The molecule has 3 aromatic rings. The molecule has 0 saturated heterocycles. The van der Waals surface area contributed by atoms with Crippen molar-refractivity contribution in [1.82, 2.24) is 4.98 Å². The molecule has 0 aliphatic rings. The molecule has 0 unspecified atom stereocenters. The topological polar surface area (TPSA) is 81.4 Å². The van der Waals surface area contributed by atoms with E-state index in [2.05, 4.69) is 15.0 Å². The Morgan fingerprint density at radius 2 is 2.12 bits per heavy atom. The molecule has 9 heteroatoms. The molecule has 3 rings (SSSR count). The maximum atomic E-state index is 13.6. The number of amides is 1. The predicted octanol–water partition coefficient (Wildman–Crippen LogP) is 4.14. The molecule has 1 heterocycles. The summed E-state index contributed by atoms with van der Waals surface area (Å²) in [6, 6.07) is 8.69. The van der Waals surface area contributed by atoms with Gasteiger partial charge < -0.3 is 14.5 Å². The van der Waals surface area contributed by atoms with Gasteiger partial charge >= 0.3 is 5.97 Å². The Morgan fingerprint density at radius 1 is 1.31 bits per heavy atom. The number of rotatable bonds is 5. The molecule has 0 fully saturated rings. The van der Waals surface area contributed by atoms with Crippen LogP contribution in [0.1, 0.15) is 10.4 Å². The fourth-order valence-electron chi connectivity index (χ4n) is 2.13. The summed E-state index contributed by atoms with van der Waals surface area (Å²) < 4.78 is 23.6. The lowest BCUT2D eigenvalue weighted by Crippen LogP contribution is -2.15. The number of hydrogen-bond acceptors (Lipinski definition) is 6. The van der Waals surface area contributed by atoms with Crippen LogP contribution in [0, 0.1) is 5.82 Å². The van der Waals surface area contributed by atoms with Crippen molar-refractivity contribution in [2.45, 2.75) is 5.22 Å². The standard InChI is InChI=1S/C17H12ClFN2O4S/c1-24-16(23)11-7-10(3-4-12(11)19)20-15(22)8-26-17-21-13-6-9(18)2-5-14(13)25-17/h2-7H,8H2,1H3,(H,20,22). The van der Waals surface area contributed by atoms with E-state index in [0.29, 0.717) is 21.3 Å². The van der Waals surface area contributed by atoms with E-state index in [1.165, 1.54) is 12.1 Å². The minimum absolute atomic E-state index is 0.0193. The summed E-state index contributed by atoms with van der Waals surface area (Å²) in [7, 11) is 1.15. The average Bonchev–Trinajstić information content (AvgIpc) is 3.03. The van der Waals surface area contributed by atoms with Crippen molar-refractivity contribution in [3.63, 3.8) is 0 Å². The first-order valence-electron chi connectivity index (χ1n) is 7.33. The lowest BCUT2D eigenvalue weighted by molar-refractivity contribution is -0.113. The first-order valence-corrected chi connectivity index (χ1v) is 8.69.